The van der Waals surface area contributed by atoms with E-state index < -0.39 is 9.84 Å². The molecule has 19 heavy (non-hydrogen) atoms. The Labute approximate surface area is 116 Å². The summed E-state index contributed by atoms with van der Waals surface area (Å²) in [5.41, 5.74) is 1.07. The molecular weight excluding hydrogens is 258 g/mol. The largest absolute Gasteiger partial charge is 0.300 e. The van der Waals surface area contributed by atoms with Crippen molar-refractivity contribution in [3.05, 3.63) is 42.0 Å². The first-order valence-electron chi connectivity index (χ1n) is 6.66. The van der Waals surface area contributed by atoms with Crippen molar-refractivity contribution in [1.29, 1.82) is 0 Å². The molecule has 3 nitrogen and oxygen atoms in total. The first-order valence-corrected chi connectivity index (χ1v) is 8.31. The molecule has 1 aromatic carbocycles. The smallest absolute Gasteiger partial charge is 0.181 e. The molecule has 4 heteroatoms. The zero-order valence-corrected chi connectivity index (χ0v) is 12.8. The van der Waals surface area contributed by atoms with Crippen LogP contribution in [0.3, 0.4) is 0 Å². The monoisotopic (exact) mass is 281 g/mol. The van der Waals surface area contributed by atoms with Gasteiger partial charge in [0.2, 0.25) is 0 Å². The van der Waals surface area contributed by atoms with Crippen molar-refractivity contribution in [2.75, 3.05) is 25.4 Å². The molecule has 0 aromatic heterocycles. The molecule has 0 spiro atoms. The van der Waals surface area contributed by atoms with E-state index in [1.165, 1.54) is 0 Å². The van der Waals surface area contributed by atoms with Crippen molar-refractivity contribution in [3.63, 3.8) is 0 Å². The van der Waals surface area contributed by atoms with Crippen LogP contribution < -0.4 is 0 Å². The molecular formula is C15H23NO2S. The zero-order chi connectivity index (χ0) is 14.3. The number of likely N-dealkylation sites (N-methyl/N-ethyl adjacent to an activating group) is 1. The van der Waals surface area contributed by atoms with Crippen molar-refractivity contribution in [2.45, 2.75) is 25.7 Å². The van der Waals surface area contributed by atoms with Gasteiger partial charge in [0.1, 0.15) is 0 Å². The fraction of sp³-hybridized carbons (Fsp3) is 0.467. The van der Waals surface area contributed by atoms with Crippen LogP contribution >= 0.6 is 0 Å². The summed E-state index contributed by atoms with van der Waals surface area (Å²) in [6, 6.07) is 6.99. The third-order valence-corrected chi connectivity index (χ3v) is 4.74. The normalized spacial score (nSPS) is 12.4. The molecule has 0 aliphatic heterocycles. The maximum absolute atomic E-state index is 12.1. The fourth-order valence-electron chi connectivity index (χ4n) is 1.74. The highest BCUT2D eigenvalue weighted by Gasteiger charge is 2.11. The molecule has 0 fully saturated rings. The van der Waals surface area contributed by atoms with Crippen molar-refractivity contribution in [1.82, 2.24) is 4.90 Å². The van der Waals surface area contributed by atoms with Gasteiger partial charge < -0.3 is 4.90 Å². The lowest BCUT2D eigenvalue weighted by Gasteiger charge is -2.14. The van der Waals surface area contributed by atoms with Crippen LogP contribution in [0.1, 0.15) is 19.4 Å². The summed E-state index contributed by atoms with van der Waals surface area (Å²) < 4.78 is 24.1. The molecule has 0 saturated heterocycles. The molecule has 1 aromatic rings. The first kappa shape index (κ1) is 15.9. The van der Waals surface area contributed by atoms with E-state index in [-0.39, 0.29) is 5.75 Å². The third-order valence-electron chi connectivity index (χ3n) is 3.12. The molecule has 0 saturated carbocycles. The number of rotatable bonds is 7. The first-order chi connectivity index (χ1) is 8.99. The highest BCUT2D eigenvalue weighted by atomic mass is 32.2. The van der Waals surface area contributed by atoms with Gasteiger partial charge in [-0.05, 0) is 32.1 Å². The lowest BCUT2D eigenvalue weighted by atomic mass is 10.2. The molecule has 106 valence electrons. The second kappa shape index (κ2) is 7.46. The van der Waals surface area contributed by atoms with Crippen LogP contribution in [0.2, 0.25) is 0 Å². The van der Waals surface area contributed by atoms with Gasteiger partial charge in [0.05, 0.1) is 10.6 Å². The van der Waals surface area contributed by atoms with Gasteiger partial charge in [-0.2, -0.15) is 0 Å². The van der Waals surface area contributed by atoms with E-state index in [0.29, 0.717) is 4.90 Å². The van der Waals surface area contributed by atoms with Crippen molar-refractivity contribution < 1.29 is 8.42 Å². The Bertz CT molecular complexity index is 499. The second-order valence-electron chi connectivity index (χ2n) is 4.55. The summed E-state index contributed by atoms with van der Waals surface area (Å²) in [6.07, 6.45) is 3.67. The molecule has 0 heterocycles. The predicted molar refractivity (Wildman–Crippen MR) is 80.2 cm³/mol. The number of sulfone groups is 1. The molecule has 0 radical (unpaired) electrons. The summed E-state index contributed by atoms with van der Waals surface area (Å²) in [6.45, 7) is 8.90. The molecule has 0 N–H and O–H groups in total. The molecule has 0 atom stereocenters. The third kappa shape index (κ3) is 5.17. The Morgan fingerprint density at radius 3 is 2.16 bits per heavy atom. The Kier molecular flexibility index (Phi) is 6.25. The van der Waals surface area contributed by atoms with Gasteiger partial charge in [-0.25, -0.2) is 8.42 Å². The van der Waals surface area contributed by atoms with Gasteiger partial charge in [-0.3, -0.25) is 0 Å². The van der Waals surface area contributed by atoms with Crippen LogP contribution in [0.4, 0.5) is 0 Å². The number of benzene rings is 1. The topological polar surface area (TPSA) is 37.4 Å². The molecule has 0 amide bonds. The fourth-order valence-corrected chi connectivity index (χ4v) is 2.87. The van der Waals surface area contributed by atoms with Crippen LogP contribution in [0.15, 0.2) is 41.3 Å². The molecule has 0 bridgehead atoms. The van der Waals surface area contributed by atoms with Gasteiger partial charge in [-0.15, -0.1) is 0 Å². The SMILES string of the molecule is CCN(CC)C/C=C\CS(=O)(=O)c1ccc(C)cc1. The van der Waals surface area contributed by atoms with Crippen LogP contribution in [0.5, 0.6) is 0 Å². The maximum Gasteiger partial charge on any atom is 0.181 e. The van der Waals surface area contributed by atoms with E-state index in [4.69, 9.17) is 0 Å². The Morgan fingerprint density at radius 2 is 1.63 bits per heavy atom. The predicted octanol–water partition coefficient (Wildman–Crippen LogP) is 2.67. The van der Waals surface area contributed by atoms with Gasteiger partial charge in [0.25, 0.3) is 0 Å². The van der Waals surface area contributed by atoms with Gasteiger partial charge in [0.15, 0.2) is 9.84 Å². The lowest BCUT2D eigenvalue weighted by molar-refractivity contribution is 0.337. The summed E-state index contributed by atoms with van der Waals surface area (Å²) in [5, 5.41) is 0. The van der Waals surface area contributed by atoms with E-state index in [1.54, 1.807) is 18.2 Å². The summed E-state index contributed by atoms with van der Waals surface area (Å²) in [4.78, 5) is 2.63. The van der Waals surface area contributed by atoms with Crippen LogP contribution in [-0.4, -0.2) is 38.7 Å². The standard InChI is InChI=1S/C15H23NO2S/c1-4-16(5-2)12-6-7-13-19(17,18)15-10-8-14(3)9-11-15/h6-11H,4-5,12-13H2,1-3H3/b7-6-. The highest BCUT2D eigenvalue weighted by Crippen LogP contribution is 2.12. The minimum absolute atomic E-state index is 0.0668. The van der Waals surface area contributed by atoms with Gasteiger partial charge in [-0.1, -0.05) is 43.7 Å². The van der Waals surface area contributed by atoms with E-state index >= 15 is 0 Å². The zero-order valence-electron chi connectivity index (χ0n) is 12.0. The molecule has 0 aliphatic carbocycles. The van der Waals surface area contributed by atoms with Crippen LogP contribution in [0, 0.1) is 6.92 Å². The quantitative estimate of drug-likeness (QED) is 0.721. The highest BCUT2D eigenvalue weighted by molar-refractivity contribution is 7.91. The van der Waals surface area contributed by atoms with E-state index in [9.17, 15) is 8.42 Å². The number of hydrogen-bond acceptors (Lipinski definition) is 3. The van der Waals surface area contributed by atoms with E-state index in [0.717, 1.165) is 25.2 Å². The molecule has 1 rings (SSSR count). The van der Waals surface area contributed by atoms with E-state index in [1.807, 2.05) is 25.1 Å². The average Bonchev–Trinajstić information content (AvgIpc) is 2.39. The number of nitrogens with zero attached hydrogens (tertiary/aromatic N) is 1. The van der Waals surface area contributed by atoms with Gasteiger partial charge >= 0.3 is 0 Å². The molecule has 0 unspecified atom stereocenters. The van der Waals surface area contributed by atoms with Crippen molar-refractivity contribution in [3.8, 4) is 0 Å². The van der Waals surface area contributed by atoms with Crippen LogP contribution in [-0.2, 0) is 9.84 Å². The summed E-state index contributed by atoms with van der Waals surface area (Å²) in [7, 11) is -3.19. The second-order valence-corrected chi connectivity index (χ2v) is 6.59. The van der Waals surface area contributed by atoms with Crippen LogP contribution in [0.25, 0.3) is 0 Å². The van der Waals surface area contributed by atoms with Crippen molar-refractivity contribution in [2.24, 2.45) is 0 Å². The average molecular weight is 281 g/mol. The van der Waals surface area contributed by atoms with Crippen molar-refractivity contribution >= 4 is 9.84 Å². The minimum atomic E-state index is -3.19. The lowest BCUT2D eigenvalue weighted by Crippen LogP contribution is -2.22. The maximum atomic E-state index is 12.1. The molecule has 0 aliphatic rings. The Balaban J connectivity index is 2.61. The summed E-state index contributed by atoms with van der Waals surface area (Å²) >= 11 is 0. The Morgan fingerprint density at radius 1 is 1.05 bits per heavy atom. The number of hydrogen-bond donors (Lipinski definition) is 0. The van der Waals surface area contributed by atoms with Gasteiger partial charge in [0, 0.05) is 6.54 Å². The number of aryl methyl sites for hydroxylation is 1. The Hall–Kier alpha value is -1.13. The minimum Gasteiger partial charge on any atom is -0.300 e. The summed E-state index contributed by atoms with van der Waals surface area (Å²) in [5.74, 6) is 0.0668. The van der Waals surface area contributed by atoms with E-state index in [2.05, 4.69) is 18.7 Å².